The Balaban J connectivity index is 1.14. The molecule has 5 rings (SSSR count). The summed E-state index contributed by atoms with van der Waals surface area (Å²) in [6.45, 7) is 5.52. The van der Waals surface area contributed by atoms with Gasteiger partial charge in [0, 0.05) is 18.2 Å². The minimum Gasteiger partial charge on any atom is -0.496 e. The molecule has 2 atom stereocenters. The lowest BCUT2D eigenvalue weighted by atomic mass is 9.78. The van der Waals surface area contributed by atoms with Crippen LogP contribution in [0.3, 0.4) is 0 Å². The monoisotopic (exact) mass is 446 g/mol. The maximum absolute atomic E-state index is 5.42. The number of methoxy groups -OCH3 is 1. The molecule has 0 bridgehead atoms. The van der Waals surface area contributed by atoms with Crippen molar-refractivity contribution in [2.75, 3.05) is 19.0 Å². The van der Waals surface area contributed by atoms with Gasteiger partial charge in [-0.25, -0.2) is 0 Å². The van der Waals surface area contributed by atoms with E-state index < -0.39 is 0 Å². The van der Waals surface area contributed by atoms with Crippen molar-refractivity contribution in [1.82, 2.24) is 4.37 Å². The fourth-order valence-corrected chi connectivity index (χ4v) is 6.03. The zero-order valence-corrected chi connectivity index (χ0v) is 20.3. The smallest absolute Gasteiger partial charge is 0.121 e. The van der Waals surface area contributed by atoms with Gasteiger partial charge in [0.1, 0.15) is 5.75 Å². The van der Waals surface area contributed by atoms with Crippen molar-refractivity contribution in [1.29, 1.82) is 0 Å². The average Bonchev–Trinajstić information content (AvgIpc) is 3.35. The second-order valence-corrected chi connectivity index (χ2v) is 10.6. The van der Waals surface area contributed by atoms with Crippen molar-refractivity contribution >= 4 is 17.2 Å². The first kappa shape index (κ1) is 21.5. The van der Waals surface area contributed by atoms with Crippen LogP contribution in [0.15, 0.2) is 48.5 Å². The third-order valence-corrected chi connectivity index (χ3v) is 8.35. The van der Waals surface area contributed by atoms with Crippen LogP contribution in [-0.4, -0.2) is 18.0 Å². The maximum atomic E-state index is 5.42. The first-order valence-corrected chi connectivity index (χ1v) is 12.8. The lowest BCUT2D eigenvalue weighted by molar-refractivity contribution is 0.338. The van der Waals surface area contributed by atoms with E-state index in [-0.39, 0.29) is 0 Å². The largest absolute Gasteiger partial charge is 0.496 e. The van der Waals surface area contributed by atoms with Crippen LogP contribution in [-0.2, 0) is 0 Å². The highest BCUT2D eigenvalue weighted by atomic mass is 32.1. The maximum Gasteiger partial charge on any atom is 0.121 e. The van der Waals surface area contributed by atoms with Crippen LogP contribution >= 0.6 is 11.5 Å². The van der Waals surface area contributed by atoms with Gasteiger partial charge < -0.3 is 10.1 Å². The van der Waals surface area contributed by atoms with E-state index in [0.717, 1.165) is 24.1 Å². The Morgan fingerprint density at radius 3 is 2.59 bits per heavy atom. The fraction of sp³-hybridized carbons (Fsp3) is 0.464. The number of ether oxygens (including phenoxy) is 1. The topological polar surface area (TPSA) is 34.1 Å². The van der Waals surface area contributed by atoms with E-state index in [1.54, 1.807) is 18.6 Å². The Kier molecular flexibility index (Phi) is 6.23. The van der Waals surface area contributed by atoms with Crippen LogP contribution in [0.1, 0.15) is 67.7 Å². The first-order chi connectivity index (χ1) is 15.6. The van der Waals surface area contributed by atoms with Crippen LogP contribution in [0.4, 0.5) is 5.69 Å². The number of rotatable bonds is 7. The van der Waals surface area contributed by atoms with E-state index in [2.05, 4.69) is 67.7 Å². The van der Waals surface area contributed by atoms with Crippen molar-refractivity contribution in [2.45, 2.75) is 57.8 Å². The third-order valence-electron chi connectivity index (χ3n) is 7.50. The fourth-order valence-electron chi connectivity index (χ4n) is 5.23. The Hall–Kier alpha value is -2.33. The van der Waals surface area contributed by atoms with Crippen molar-refractivity contribution in [2.24, 2.45) is 11.8 Å². The highest BCUT2D eigenvalue weighted by molar-refractivity contribution is 7.09. The first-order valence-electron chi connectivity index (χ1n) is 12.1. The van der Waals surface area contributed by atoms with Crippen LogP contribution in [0.5, 0.6) is 5.75 Å². The number of aryl methyl sites for hydroxylation is 1. The average molecular weight is 447 g/mol. The molecule has 1 aromatic heterocycles. The van der Waals surface area contributed by atoms with E-state index >= 15 is 0 Å². The van der Waals surface area contributed by atoms with Gasteiger partial charge in [-0.1, -0.05) is 31.2 Å². The molecule has 2 unspecified atom stereocenters. The summed E-state index contributed by atoms with van der Waals surface area (Å²) in [6, 6.07) is 17.9. The van der Waals surface area contributed by atoms with E-state index in [0.29, 0.717) is 11.8 Å². The summed E-state index contributed by atoms with van der Waals surface area (Å²) in [5.74, 6) is 3.93. The Bertz CT molecular complexity index is 1070. The Morgan fingerprint density at radius 1 is 1.06 bits per heavy atom. The standard InChI is InChI=1S/C28H34N2OS/c1-18-14-25(18)26-16-28(32-30-26)23-5-4-6-24(15-23)29-17-20-7-9-21(10-8-20)22-11-12-27(31-3)19(2)13-22/h4-6,11-13,15-16,18,20-21,25,29H,7-10,14,17H2,1-3H3. The molecule has 3 aromatic rings. The molecule has 168 valence electrons. The number of benzene rings is 2. The molecule has 4 heteroatoms. The lowest BCUT2D eigenvalue weighted by Crippen LogP contribution is -2.20. The predicted octanol–water partition coefficient (Wildman–Crippen LogP) is 7.64. The van der Waals surface area contributed by atoms with Gasteiger partial charge in [0.25, 0.3) is 0 Å². The van der Waals surface area contributed by atoms with Crippen LogP contribution in [0, 0.1) is 18.8 Å². The van der Waals surface area contributed by atoms with Crippen LogP contribution in [0.25, 0.3) is 10.4 Å². The molecular weight excluding hydrogens is 412 g/mol. The second kappa shape index (κ2) is 9.27. The van der Waals surface area contributed by atoms with E-state index in [4.69, 9.17) is 9.11 Å². The minimum absolute atomic E-state index is 0.689. The van der Waals surface area contributed by atoms with Gasteiger partial charge in [-0.15, -0.1) is 0 Å². The van der Waals surface area contributed by atoms with Crippen molar-refractivity contribution in [3.05, 3.63) is 65.4 Å². The normalized spacial score (nSPS) is 24.8. The molecule has 2 fully saturated rings. The highest BCUT2D eigenvalue weighted by Gasteiger charge is 2.36. The molecule has 0 radical (unpaired) electrons. The Labute approximate surface area is 196 Å². The SMILES string of the molecule is COc1ccc(C2CCC(CNc3cccc(-c4cc(C5CC5C)ns4)c3)CC2)cc1C. The number of anilines is 1. The predicted molar refractivity (Wildman–Crippen MR) is 135 cm³/mol. The van der Waals surface area contributed by atoms with Gasteiger partial charge in [0.05, 0.1) is 17.7 Å². The summed E-state index contributed by atoms with van der Waals surface area (Å²) < 4.78 is 10.1. The van der Waals surface area contributed by atoms with Gasteiger partial charge >= 0.3 is 0 Å². The number of hydrogen-bond acceptors (Lipinski definition) is 4. The Morgan fingerprint density at radius 2 is 1.88 bits per heavy atom. The van der Waals surface area contributed by atoms with Gasteiger partial charge in [0.15, 0.2) is 0 Å². The van der Waals surface area contributed by atoms with E-state index in [9.17, 15) is 0 Å². The van der Waals surface area contributed by atoms with Crippen molar-refractivity contribution in [3.63, 3.8) is 0 Å². The molecule has 1 N–H and O–H groups in total. The van der Waals surface area contributed by atoms with Gasteiger partial charge in [0.2, 0.25) is 0 Å². The molecule has 2 aromatic carbocycles. The molecule has 2 saturated carbocycles. The number of nitrogens with one attached hydrogen (secondary N) is 1. The molecule has 3 nitrogen and oxygen atoms in total. The van der Waals surface area contributed by atoms with Crippen LogP contribution < -0.4 is 10.1 Å². The van der Waals surface area contributed by atoms with Crippen molar-refractivity contribution in [3.8, 4) is 16.2 Å². The van der Waals surface area contributed by atoms with Crippen LogP contribution in [0.2, 0.25) is 0 Å². The summed E-state index contributed by atoms with van der Waals surface area (Å²) in [6.07, 6.45) is 6.44. The highest BCUT2D eigenvalue weighted by Crippen LogP contribution is 2.47. The number of nitrogens with zero attached hydrogens (tertiary/aromatic N) is 1. The van der Waals surface area contributed by atoms with Gasteiger partial charge in [-0.2, -0.15) is 4.37 Å². The number of hydrogen-bond donors (Lipinski definition) is 1. The summed E-state index contributed by atoms with van der Waals surface area (Å²) in [7, 11) is 1.75. The summed E-state index contributed by atoms with van der Waals surface area (Å²) in [5, 5.41) is 3.72. The summed E-state index contributed by atoms with van der Waals surface area (Å²) in [5.41, 5.74) is 6.52. The molecule has 0 amide bonds. The molecule has 2 aliphatic carbocycles. The number of aromatic nitrogens is 1. The minimum atomic E-state index is 0.689. The molecule has 0 saturated heterocycles. The molecule has 0 aliphatic heterocycles. The lowest BCUT2D eigenvalue weighted by Gasteiger charge is -2.29. The van der Waals surface area contributed by atoms with Gasteiger partial charge in [-0.3, -0.25) is 0 Å². The quantitative estimate of drug-likeness (QED) is 0.405. The summed E-state index contributed by atoms with van der Waals surface area (Å²) >= 11 is 1.64. The summed E-state index contributed by atoms with van der Waals surface area (Å²) in [4.78, 5) is 1.29. The zero-order chi connectivity index (χ0) is 22.1. The second-order valence-electron chi connectivity index (χ2n) is 9.84. The molecule has 32 heavy (non-hydrogen) atoms. The molecular formula is C28H34N2OS. The molecule has 0 spiro atoms. The van der Waals surface area contributed by atoms with Gasteiger partial charge in [-0.05, 0) is 109 Å². The molecule has 2 aliphatic rings. The zero-order valence-electron chi connectivity index (χ0n) is 19.4. The molecule has 1 heterocycles. The van der Waals surface area contributed by atoms with Crippen molar-refractivity contribution < 1.29 is 4.74 Å². The van der Waals surface area contributed by atoms with E-state index in [1.807, 2.05) is 0 Å². The third kappa shape index (κ3) is 4.71. The van der Waals surface area contributed by atoms with E-state index in [1.165, 1.54) is 65.1 Å².